The lowest BCUT2D eigenvalue weighted by atomic mass is 10.1. The van der Waals surface area contributed by atoms with Gasteiger partial charge in [0.1, 0.15) is 19.6 Å². The van der Waals surface area contributed by atoms with Gasteiger partial charge in [-0.05, 0) is 46.9 Å². The van der Waals surface area contributed by atoms with Crippen molar-refractivity contribution in [3.63, 3.8) is 0 Å². The fourth-order valence-electron chi connectivity index (χ4n) is 4.53. The number of nitrogens with zero attached hydrogens (tertiary/aromatic N) is 1. The van der Waals surface area contributed by atoms with Crippen molar-refractivity contribution in [3.8, 4) is 11.5 Å². The summed E-state index contributed by atoms with van der Waals surface area (Å²) in [6.45, 7) is 7.34. The zero-order valence-corrected chi connectivity index (χ0v) is 23.4. The van der Waals surface area contributed by atoms with Crippen molar-refractivity contribution in [2.75, 3.05) is 20.8 Å². The predicted molar refractivity (Wildman–Crippen MR) is 149 cm³/mol. The molecule has 3 aromatic rings. The SMILES string of the molecule is COC(=O)CCc1cccc([Si](C)(C)c2ccc(CN(CCc3ccc(O)cc3)C(C)=O)cc2)c1OC. The van der Waals surface area contributed by atoms with Crippen LogP contribution in [0.4, 0.5) is 0 Å². The number of aromatic hydroxyl groups is 1. The van der Waals surface area contributed by atoms with E-state index in [1.165, 1.54) is 17.5 Å². The number of ether oxygens (including phenoxy) is 2. The molecule has 0 atom stereocenters. The van der Waals surface area contributed by atoms with Crippen LogP contribution in [0.5, 0.6) is 11.5 Å². The highest BCUT2D eigenvalue weighted by Gasteiger charge is 2.30. The van der Waals surface area contributed by atoms with Gasteiger partial charge in [0.25, 0.3) is 0 Å². The Labute approximate surface area is 220 Å². The zero-order valence-electron chi connectivity index (χ0n) is 22.4. The number of carbonyl (C=O) groups excluding carboxylic acids is 2. The highest BCUT2D eigenvalue weighted by Crippen LogP contribution is 2.22. The first-order chi connectivity index (χ1) is 17.6. The van der Waals surface area contributed by atoms with Crippen LogP contribution in [0.1, 0.15) is 30.0 Å². The number of phenols is 1. The van der Waals surface area contributed by atoms with Gasteiger partial charge >= 0.3 is 5.97 Å². The average molecular weight is 520 g/mol. The Bertz CT molecular complexity index is 1210. The highest BCUT2D eigenvalue weighted by atomic mass is 28.3. The molecule has 0 aliphatic rings. The summed E-state index contributed by atoms with van der Waals surface area (Å²) in [7, 11) is 0.979. The van der Waals surface area contributed by atoms with Crippen molar-refractivity contribution in [3.05, 3.63) is 83.4 Å². The van der Waals surface area contributed by atoms with Crippen LogP contribution in [0, 0.1) is 0 Å². The van der Waals surface area contributed by atoms with Crippen molar-refractivity contribution in [1.29, 1.82) is 0 Å². The smallest absolute Gasteiger partial charge is 0.305 e. The number of amides is 1. The summed E-state index contributed by atoms with van der Waals surface area (Å²) in [4.78, 5) is 25.8. The first kappa shape index (κ1) is 28.0. The molecule has 3 aromatic carbocycles. The van der Waals surface area contributed by atoms with E-state index in [0.29, 0.717) is 25.9 Å². The molecule has 0 bridgehead atoms. The first-order valence-corrected chi connectivity index (χ1v) is 15.5. The van der Waals surface area contributed by atoms with E-state index in [9.17, 15) is 14.7 Å². The minimum absolute atomic E-state index is 0.0334. The molecular formula is C30H37NO5Si. The highest BCUT2D eigenvalue weighted by molar-refractivity contribution is 7.01. The average Bonchev–Trinajstić information content (AvgIpc) is 2.90. The summed E-state index contributed by atoms with van der Waals surface area (Å²) < 4.78 is 10.7. The molecule has 0 unspecified atom stereocenters. The zero-order chi connectivity index (χ0) is 27.0. The molecular weight excluding hydrogens is 482 g/mol. The number of aryl methyl sites for hydroxylation is 1. The lowest BCUT2D eigenvalue weighted by molar-refractivity contribution is -0.140. The van der Waals surface area contributed by atoms with Crippen LogP contribution in [0.25, 0.3) is 0 Å². The van der Waals surface area contributed by atoms with Gasteiger partial charge in [0, 0.05) is 26.4 Å². The quantitative estimate of drug-likeness (QED) is 0.307. The van der Waals surface area contributed by atoms with Crippen molar-refractivity contribution < 1.29 is 24.2 Å². The van der Waals surface area contributed by atoms with E-state index in [2.05, 4.69) is 43.4 Å². The third-order valence-electron chi connectivity index (χ3n) is 6.90. The molecule has 0 aromatic heterocycles. The molecule has 37 heavy (non-hydrogen) atoms. The van der Waals surface area contributed by atoms with Crippen LogP contribution in [0.3, 0.4) is 0 Å². The summed E-state index contributed by atoms with van der Waals surface area (Å²) in [5, 5.41) is 11.9. The fourth-order valence-corrected chi connectivity index (χ4v) is 7.19. The van der Waals surface area contributed by atoms with Gasteiger partial charge in [-0.1, -0.05) is 72.9 Å². The summed E-state index contributed by atoms with van der Waals surface area (Å²) >= 11 is 0. The molecule has 196 valence electrons. The van der Waals surface area contributed by atoms with E-state index in [1.807, 2.05) is 29.2 Å². The number of rotatable bonds is 11. The van der Waals surface area contributed by atoms with E-state index >= 15 is 0 Å². The number of methoxy groups -OCH3 is 2. The number of esters is 1. The Kier molecular flexibility index (Phi) is 9.52. The minimum Gasteiger partial charge on any atom is -0.508 e. The van der Waals surface area contributed by atoms with Crippen molar-refractivity contribution in [2.24, 2.45) is 0 Å². The number of benzene rings is 3. The number of para-hydroxylation sites is 1. The second-order valence-corrected chi connectivity index (χ2v) is 14.1. The summed E-state index contributed by atoms with van der Waals surface area (Å²) in [6.07, 6.45) is 1.61. The lowest BCUT2D eigenvalue weighted by Gasteiger charge is -2.27. The van der Waals surface area contributed by atoms with Crippen LogP contribution in [-0.4, -0.2) is 50.7 Å². The van der Waals surface area contributed by atoms with Gasteiger partial charge < -0.3 is 19.5 Å². The molecule has 7 heteroatoms. The normalized spacial score (nSPS) is 11.2. The maximum absolute atomic E-state index is 12.3. The Morgan fingerprint density at radius 1 is 0.892 bits per heavy atom. The fraction of sp³-hybridized carbons (Fsp3) is 0.333. The molecule has 1 N–H and O–H groups in total. The van der Waals surface area contributed by atoms with Gasteiger partial charge in [0.05, 0.1) is 14.2 Å². The van der Waals surface area contributed by atoms with E-state index in [0.717, 1.165) is 28.9 Å². The summed E-state index contributed by atoms with van der Waals surface area (Å²) in [5.41, 5.74) is 3.16. The lowest BCUT2D eigenvalue weighted by Crippen LogP contribution is -2.53. The van der Waals surface area contributed by atoms with Crippen molar-refractivity contribution in [1.82, 2.24) is 4.90 Å². The summed E-state index contributed by atoms with van der Waals surface area (Å²) in [5.74, 6) is 0.890. The third-order valence-corrected chi connectivity index (χ3v) is 10.4. The molecule has 0 radical (unpaired) electrons. The van der Waals surface area contributed by atoms with E-state index in [4.69, 9.17) is 9.47 Å². The van der Waals surface area contributed by atoms with Crippen LogP contribution < -0.4 is 15.1 Å². The molecule has 0 heterocycles. The standard InChI is InChI=1S/C30H37NO5Si/c1-22(32)31(20-19-23-9-14-26(33)15-10-23)21-24-11-16-27(17-12-24)37(4,5)28-8-6-7-25(30(28)36-3)13-18-29(34)35-2/h6-12,14-17,33H,13,18-21H2,1-5H3. The second kappa shape index (κ2) is 12.6. The van der Waals surface area contributed by atoms with Crippen LogP contribution in [0.15, 0.2) is 66.7 Å². The van der Waals surface area contributed by atoms with Crippen LogP contribution in [-0.2, 0) is 33.7 Å². The van der Waals surface area contributed by atoms with Gasteiger partial charge in [0.15, 0.2) is 0 Å². The van der Waals surface area contributed by atoms with Gasteiger partial charge in [-0.15, -0.1) is 0 Å². The van der Waals surface area contributed by atoms with Gasteiger partial charge in [-0.2, -0.15) is 0 Å². The molecule has 0 spiro atoms. The van der Waals surface area contributed by atoms with Crippen LogP contribution in [0.2, 0.25) is 13.1 Å². The topological polar surface area (TPSA) is 76.1 Å². The van der Waals surface area contributed by atoms with Gasteiger partial charge in [-0.25, -0.2) is 0 Å². The number of hydrogen-bond acceptors (Lipinski definition) is 5. The predicted octanol–water partition coefficient (Wildman–Crippen LogP) is 3.92. The number of phenolic OH excluding ortho intramolecular Hbond substituents is 1. The Hall–Kier alpha value is -3.58. The molecule has 0 aliphatic carbocycles. The molecule has 3 rings (SSSR count). The Morgan fingerprint density at radius 2 is 1.54 bits per heavy atom. The van der Waals surface area contributed by atoms with Crippen molar-refractivity contribution in [2.45, 2.75) is 45.8 Å². The third kappa shape index (κ3) is 7.23. The Morgan fingerprint density at radius 3 is 2.14 bits per heavy atom. The molecule has 0 fully saturated rings. The van der Waals surface area contributed by atoms with E-state index < -0.39 is 8.07 Å². The number of hydrogen-bond donors (Lipinski definition) is 1. The maximum atomic E-state index is 12.3. The van der Waals surface area contributed by atoms with Gasteiger partial charge in [0.2, 0.25) is 5.91 Å². The monoisotopic (exact) mass is 519 g/mol. The number of carbonyl (C=O) groups is 2. The maximum Gasteiger partial charge on any atom is 0.305 e. The largest absolute Gasteiger partial charge is 0.508 e. The van der Waals surface area contributed by atoms with Crippen LogP contribution >= 0.6 is 0 Å². The first-order valence-electron chi connectivity index (χ1n) is 12.5. The second-order valence-electron chi connectivity index (χ2n) is 9.75. The van der Waals surface area contributed by atoms with Crippen molar-refractivity contribution >= 4 is 30.3 Å². The van der Waals surface area contributed by atoms with E-state index in [1.54, 1.807) is 26.2 Å². The molecule has 0 saturated heterocycles. The molecule has 0 aliphatic heterocycles. The minimum atomic E-state index is -2.11. The molecule has 6 nitrogen and oxygen atoms in total. The molecule has 0 saturated carbocycles. The molecule has 1 amide bonds. The van der Waals surface area contributed by atoms with E-state index in [-0.39, 0.29) is 17.6 Å². The summed E-state index contributed by atoms with van der Waals surface area (Å²) in [6, 6.07) is 21.8. The Balaban J connectivity index is 1.75. The van der Waals surface area contributed by atoms with Gasteiger partial charge in [-0.3, -0.25) is 9.59 Å².